The fraction of sp³-hybridized carbons (Fsp3) is 0.322. The third-order valence-electron chi connectivity index (χ3n) is 11.3. The van der Waals surface area contributed by atoms with E-state index in [1.54, 1.807) is 0 Å². The zero-order valence-electron chi connectivity index (χ0n) is 43.7. The van der Waals surface area contributed by atoms with Crippen LogP contribution in [0.3, 0.4) is 0 Å². The Morgan fingerprint density at radius 2 is 1.08 bits per heavy atom. The molecule has 6 heterocycles. The van der Waals surface area contributed by atoms with Gasteiger partial charge < -0.3 is 61.9 Å². The van der Waals surface area contributed by atoms with Crippen molar-refractivity contribution in [3.8, 4) is 119 Å². The summed E-state index contributed by atoms with van der Waals surface area (Å²) in [5, 5.41) is 9.70. The van der Waals surface area contributed by atoms with Crippen LogP contribution in [0, 0.1) is 108 Å². The molecule has 19 nitrogen and oxygen atoms in total. The van der Waals surface area contributed by atoms with Crippen LogP contribution >= 0.6 is 0 Å². The van der Waals surface area contributed by atoms with Crippen LogP contribution in [0.5, 0.6) is 11.5 Å². The summed E-state index contributed by atoms with van der Waals surface area (Å²) in [6.45, 7) is 10.1. The van der Waals surface area contributed by atoms with Gasteiger partial charge in [-0.25, -0.2) is 15.0 Å². The van der Waals surface area contributed by atoms with Gasteiger partial charge in [0.2, 0.25) is 11.1 Å². The van der Waals surface area contributed by atoms with Crippen molar-refractivity contribution >= 4 is 62.9 Å². The van der Waals surface area contributed by atoms with Gasteiger partial charge in [0.1, 0.15) is 36.3 Å². The van der Waals surface area contributed by atoms with E-state index < -0.39 is 22.6 Å². The standard InChI is InChI=1S/C19H22N6O3.C18H2.C11H14N2O2.C9H12N4O2S.C2H6/c20-17(26)14-8-21-19(24-18(14)22-11-1-2-11)23-12-3-4-15-16(7-12)28-10-13-9-27-6-5-25(13)15;1-3-5-7-9-11-13-15-17-18-16-14-12-10-8-6-4-2;12-8-1-2-10-11(5-8)15-7-9-6-14-4-3-13(9)10;1-16(15)9-11-4-6(7(10)14)8(13-9)12-5-2-3-5;1-2/h3-4,7-8,11,13H,1-2,5-6,9-10H2,(H2,20,26)(H2,21,22,23,24);1-2H;1-2,5,9H,3-4,6-7,12H2;4-5H,2-3H2,1H3,(H2,10,14)(H,11,12,13);1-2H3. The molecule has 2 saturated heterocycles. The highest BCUT2D eigenvalue weighted by Crippen LogP contribution is 2.38. The minimum Gasteiger partial charge on any atom is -0.489 e. The number of nitrogen functional groups attached to an aromatic ring is 1. The average Bonchev–Trinajstić information content (AvgIpc) is 4.44. The molecule has 4 aromatic rings. The van der Waals surface area contributed by atoms with Crippen LogP contribution in [-0.4, -0.2) is 119 Å². The van der Waals surface area contributed by atoms with E-state index in [4.69, 9.17) is 49.0 Å². The molecule has 400 valence electrons. The van der Waals surface area contributed by atoms with Gasteiger partial charge >= 0.3 is 0 Å². The fourth-order valence-corrected chi connectivity index (χ4v) is 7.79. The average molecular weight is 1080 g/mol. The van der Waals surface area contributed by atoms with Gasteiger partial charge in [-0.05, 0) is 145 Å². The molecule has 2 amide bonds. The maximum atomic E-state index is 11.6. The highest BCUT2D eigenvalue weighted by Gasteiger charge is 2.32. The molecule has 2 aromatic heterocycles. The summed E-state index contributed by atoms with van der Waals surface area (Å²) < 4.78 is 33.8. The number of terminal acetylenes is 2. The zero-order chi connectivity index (χ0) is 56.4. The van der Waals surface area contributed by atoms with Crippen LogP contribution in [-0.2, 0) is 20.3 Å². The van der Waals surface area contributed by atoms with Crippen LogP contribution in [0.15, 0.2) is 53.9 Å². The van der Waals surface area contributed by atoms with Crippen molar-refractivity contribution in [3.05, 3.63) is 59.9 Å². The molecular formula is C59H56N12O7S. The number of benzene rings is 2. The monoisotopic (exact) mass is 1080 g/mol. The summed E-state index contributed by atoms with van der Waals surface area (Å²) in [7, 11) is -1.27. The Balaban J connectivity index is 0.000000175. The molecule has 3 unspecified atom stereocenters. The Hall–Kier alpha value is -9.95. The number of nitrogens with two attached hydrogens (primary N) is 3. The van der Waals surface area contributed by atoms with Crippen molar-refractivity contribution < 1.29 is 32.7 Å². The number of primary amides is 2. The lowest BCUT2D eigenvalue weighted by Crippen LogP contribution is -2.51. The molecule has 79 heavy (non-hydrogen) atoms. The Morgan fingerprint density at radius 3 is 1.53 bits per heavy atom. The molecule has 2 saturated carbocycles. The lowest BCUT2D eigenvalue weighted by molar-refractivity contribution is 0.0704. The molecule has 20 heteroatoms. The van der Waals surface area contributed by atoms with E-state index in [9.17, 15) is 13.8 Å². The molecule has 4 fully saturated rings. The Kier molecular flexibility index (Phi) is 22.6. The molecule has 3 atom stereocenters. The second-order valence-corrected chi connectivity index (χ2v) is 18.2. The van der Waals surface area contributed by atoms with Crippen LogP contribution in [0.25, 0.3) is 0 Å². The Morgan fingerprint density at radius 1 is 0.633 bits per heavy atom. The second kappa shape index (κ2) is 30.6. The van der Waals surface area contributed by atoms with Crippen LogP contribution in [0.1, 0.15) is 60.2 Å². The number of hydrogen-bond donors (Lipinski definition) is 6. The summed E-state index contributed by atoms with van der Waals surface area (Å²) in [4.78, 5) is 44.0. The molecule has 10 rings (SSSR count). The molecule has 0 bridgehead atoms. The largest absolute Gasteiger partial charge is 0.489 e. The van der Waals surface area contributed by atoms with E-state index in [0.29, 0.717) is 61.1 Å². The lowest BCUT2D eigenvalue weighted by Gasteiger charge is -2.41. The van der Waals surface area contributed by atoms with E-state index >= 15 is 0 Å². The van der Waals surface area contributed by atoms with Gasteiger partial charge in [0.25, 0.3) is 11.8 Å². The number of ether oxygens (including phenoxy) is 4. The van der Waals surface area contributed by atoms with E-state index in [2.05, 4.69) is 140 Å². The van der Waals surface area contributed by atoms with Gasteiger partial charge in [-0.2, -0.15) is 4.98 Å². The highest BCUT2D eigenvalue weighted by molar-refractivity contribution is 7.84. The first-order valence-corrected chi connectivity index (χ1v) is 26.4. The van der Waals surface area contributed by atoms with Gasteiger partial charge in [0.15, 0.2) is 0 Å². The summed E-state index contributed by atoms with van der Waals surface area (Å²) in [6, 6.07) is 13.1. The minimum atomic E-state index is -1.27. The van der Waals surface area contributed by atoms with Gasteiger partial charge in [-0.15, -0.1) is 12.8 Å². The van der Waals surface area contributed by atoms with E-state index in [-0.39, 0.29) is 16.8 Å². The molecule has 0 spiro atoms. The minimum absolute atomic E-state index is 0.202. The first-order valence-electron chi connectivity index (χ1n) is 24.9. The number of rotatable bonds is 9. The molecule has 0 radical (unpaired) electrons. The Bertz CT molecular complexity index is 3400. The summed E-state index contributed by atoms with van der Waals surface area (Å²) in [6.07, 6.45) is 18.2. The topological polar surface area (TPSA) is 260 Å². The van der Waals surface area contributed by atoms with Gasteiger partial charge in [0, 0.05) is 67.3 Å². The van der Waals surface area contributed by atoms with Gasteiger partial charge in [-0.1, -0.05) is 13.8 Å². The predicted octanol–water partition coefficient (Wildman–Crippen LogP) is 3.55. The molecule has 2 aliphatic carbocycles. The number of fused-ring (bicyclic) bond motifs is 6. The SMILES string of the molecule is C#CC#CC#CC#CC#CC#CC#CC#CC#C.CC.CS(=O)c1ncc(C(N)=O)c(NC2CC2)n1.NC(=O)c1cnc(Nc2ccc3c(c2)OCC2COCCN32)nc1NC1CC1.Nc1ccc2c(c1)OCC1COCCN21. The van der Waals surface area contributed by atoms with E-state index in [1.165, 1.54) is 18.6 Å². The second-order valence-electron chi connectivity index (χ2n) is 16.9. The number of aromatic nitrogens is 4. The van der Waals surface area contributed by atoms with Gasteiger partial charge in [0.05, 0.1) is 71.8 Å². The zero-order valence-corrected chi connectivity index (χ0v) is 44.6. The molecule has 6 aliphatic rings. The van der Waals surface area contributed by atoms with Crippen molar-refractivity contribution in [3.63, 3.8) is 0 Å². The predicted molar refractivity (Wildman–Crippen MR) is 306 cm³/mol. The number of amides is 2. The highest BCUT2D eigenvalue weighted by atomic mass is 32.2. The molecule has 4 aliphatic heterocycles. The molecule has 9 N–H and O–H groups in total. The number of carbonyl (C=O) groups is 2. The molecular weight excluding hydrogens is 1020 g/mol. The molecule has 2 aromatic carbocycles. The van der Waals surface area contributed by atoms with Crippen molar-refractivity contribution in [2.75, 3.05) is 90.5 Å². The number of carbonyl (C=O) groups excluding carboxylic acids is 2. The van der Waals surface area contributed by atoms with Crippen LogP contribution in [0.2, 0.25) is 0 Å². The van der Waals surface area contributed by atoms with Crippen LogP contribution < -0.4 is 52.4 Å². The fourth-order valence-electron chi connectivity index (χ4n) is 7.37. The maximum absolute atomic E-state index is 11.6. The maximum Gasteiger partial charge on any atom is 0.254 e. The van der Waals surface area contributed by atoms with Crippen molar-refractivity contribution in [2.45, 2.75) is 68.9 Å². The number of hydrogen-bond acceptors (Lipinski definition) is 17. The lowest BCUT2D eigenvalue weighted by atomic mass is 10.1. The number of morpholine rings is 2. The van der Waals surface area contributed by atoms with E-state index in [1.807, 2.05) is 50.2 Å². The van der Waals surface area contributed by atoms with Gasteiger partial charge in [-0.3, -0.25) is 13.8 Å². The third-order valence-corrected chi connectivity index (χ3v) is 12.0. The summed E-state index contributed by atoms with van der Waals surface area (Å²) >= 11 is 0. The summed E-state index contributed by atoms with van der Waals surface area (Å²) in [5.41, 5.74) is 20.7. The van der Waals surface area contributed by atoms with Crippen LogP contribution in [0.4, 0.5) is 40.3 Å². The first kappa shape index (κ1) is 58.3. The van der Waals surface area contributed by atoms with Crippen molar-refractivity contribution in [1.29, 1.82) is 0 Å². The third kappa shape index (κ3) is 18.4. The number of anilines is 7. The Labute approximate surface area is 463 Å². The van der Waals surface area contributed by atoms with E-state index in [0.717, 1.165) is 92.8 Å². The number of nitrogens with one attached hydrogen (secondary N) is 3. The smallest absolute Gasteiger partial charge is 0.254 e. The first-order chi connectivity index (χ1) is 38.5. The normalized spacial score (nSPS) is 16.2. The van der Waals surface area contributed by atoms with Crippen molar-refractivity contribution in [1.82, 2.24) is 19.9 Å². The van der Waals surface area contributed by atoms with Crippen molar-refractivity contribution in [2.24, 2.45) is 11.5 Å². The quantitative estimate of drug-likeness (QED) is 0.0796. The summed E-state index contributed by atoms with van der Waals surface area (Å²) in [5.74, 6) is 40.1. The number of nitrogens with zero attached hydrogens (tertiary/aromatic N) is 6.